The van der Waals surface area contributed by atoms with E-state index in [-0.39, 0.29) is 5.91 Å². The van der Waals surface area contributed by atoms with E-state index >= 15 is 0 Å². The Morgan fingerprint density at radius 1 is 1.60 bits per heavy atom. The van der Waals surface area contributed by atoms with Gasteiger partial charge in [-0.05, 0) is 0 Å². The molecule has 0 aliphatic rings. The Balaban J connectivity index is 2.47. The van der Waals surface area contributed by atoms with Crippen molar-refractivity contribution in [2.45, 2.75) is 14.3 Å². The van der Waals surface area contributed by atoms with Crippen LogP contribution in [0.3, 0.4) is 0 Å². The second-order valence-corrected chi connectivity index (χ2v) is 13.8. The molecule has 0 unspecified atom stereocenters. The summed E-state index contributed by atoms with van der Waals surface area (Å²) >= 11 is 4.50. The van der Waals surface area contributed by atoms with Gasteiger partial charge in [0.2, 0.25) is 0 Å². The average molecular weight is 333 g/mol. The predicted octanol–water partition coefficient (Wildman–Crippen LogP) is 1.95. The van der Waals surface area contributed by atoms with E-state index in [1.165, 1.54) is 4.44 Å². The van der Waals surface area contributed by atoms with Crippen LogP contribution in [0, 0.1) is 0 Å². The van der Waals surface area contributed by atoms with Crippen LogP contribution in [0.2, 0.25) is 19.5 Å². The fourth-order valence-electron chi connectivity index (χ4n) is 1.12. The minimum atomic E-state index is -1.19. The van der Waals surface area contributed by atoms with Crippen LogP contribution in [-0.4, -0.2) is 37.2 Å². The monoisotopic (exact) mass is 334 g/mol. The number of carbonyl (C=O) groups is 1. The Labute approximate surface area is 102 Å². The summed E-state index contributed by atoms with van der Waals surface area (Å²) in [5.41, 5.74) is 0.578. The Morgan fingerprint density at radius 3 is 2.93 bits per heavy atom. The van der Waals surface area contributed by atoms with Crippen molar-refractivity contribution < 1.29 is 4.79 Å². The first-order valence-electron chi connectivity index (χ1n) is 4.99. The SMILES string of the molecule is [CH3][SnH]([CH3])[CH2]CNC(=O)c1ccnc(Cl)c1. The number of nitrogens with one attached hydrogen (secondary N) is 1. The van der Waals surface area contributed by atoms with Gasteiger partial charge in [-0.2, -0.15) is 0 Å². The second kappa shape index (κ2) is 6.33. The number of hydrogen-bond donors (Lipinski definition) is 1. The molecule has 0 atom stereocenters. The molecule has 0 saturated carbocycles. The van der Waals surface area contributed by atoms with Crippen LogP contribution < -0.4 is 5.32 Å². The molecule has 0 radical (unpaired) electrons. The van der Waals surface area contributed by atoms with Gasteiger partial charge in [0.1, 0.15) is 0 Å². The summed E-state index contributed by atoms with van der Waals surface area (Å²) < 4.78 is 1.19. The topological polar surface area (TPSA) is 42.0 Å². The molecular formula is C10H15ClN2OSn. The number of aromatic nitrogens is 1. The number of amides is 1. The zero-order valence-electron chi connectivity index (χ0n) is 8.96. The Morgan fingerprint density at radius 2 is 2.33 bits per heavy atom. The van der Waals surface area contributed by atoms with E-state index in [1.807, 2.05) is 0 Å². The molecule has 1 rings (SSSR count). The van der Waals surface area contributed by atoms with Gasteiger partial charge in [-0.3, -0.25) is 0 Å². The summed E-state index contributed by atoms with van der Waals surface area (Å²) in [6.07, 6.45) is 1.54. The minimum absolute atomic E-state index is 0.0637. The molecule has 0 spiro atoms. The zero-order chi connectivity index (χ0) is 11.3. The van der Waals surface area contributed by atoms with Crippen LogP contribution in [0.4, 0.5) is 0 Å². The molecule has 1 N–H and O–H groups in total. The quantitative estimate of drug-likeness (QED) is 0.676. The number of halogens is 1. The molecule has 5 heteroatoms. The van der Waals surface area contributed by atoms with Crippen molar-refractivity contribution in [3.8, 4) is 0 Å². The van der Waals surface area contributed by atoms with E-state index in [1.54, 1.807) is 18.3 Å². The summed E-state index contributed by atoms with van der Waals surface area (Å²) in [5.74, 6) is -0.0637. The summed E-state index contributed by atoms with van der Waals surface area (Å²) in [5, 5.41) is 3.24. The number of nitrogens with zero attached hydrogens (tertiary/aromatic N) is 1. The van der Waals surface area contributed by atoms with Crippen molar-refractivity contribution in [2.24, 2.45) is 0 Å². The summed E-state index contributed by atoms with van der Waals surface area (Å²) in [6, 6.07) is 3.25. The average Bonchev–Trinajstić information content (AvgIpc) is 2.17. The van der Waals surface area contributed by atoms with Crippen molar-refractivity contribution >= 4 is 37.3 Å². The molecule has 0 aliphatic carbocycles. The Hall–Kier alpha value is -0.291. The molecule has 0 fully saturated rings. The fourth-order valence-corrected chi connectivity index (χ4v) is 3.35. The molecule has 3 nitrogen and oxygen atoms in total. The maximum absolute atomic E-state index is 11.6. The van der Waals surface area contributed by atoms with Gasteiger partial charge in [-0.15, -0.1) is 0 Å². The second-order valence-electron chi connectivity index (χ2n) is 3.81. The first-order valence-corrected chi connectivity index (χ1v) is 14.3. The number of rotatable bonds is 4. The van der Waals surface area contributed by atoms with Crippen molar-refractivity contribution in [2.75, 3.05) is 6.54 Å². The predicted molar refractivity (Wildman–Crippen MR) is 65.3 cm³/mol. The van der Waals surface area contributed by atoms with Crippen LogP contribution in [-0.2, 0) is 0 Å². The molecule has 0 aliphatic heterocycles. The zero-order valence-corrected chi connectivity index (χ0v) is 13.0. The number of hydrogen-bond acceptors (Lipinski definition) is 2. The van der Waals surface area contributed by atoms with E-state index in [9.17, 15) is 4.79 Å². The normalized spacial score (nSPS) is 10.4. The van der Waals surface area contributed by atoms with Gasteiger partial charge < -0.3 is 0 Å². The molecule has 15 heavy (non-hydrogen) atoms. The van der Waals surface area contributed by atoms with Gasteiger partial charge in [0.25, 0.3) is 0 Å². The van der Waals surface area contributed by atoms with Crippen molar-refractivity contribution in [3.05, 3.63) is 29.0 Å². The van der Waals surface area contributed by atoms with Gasteiger partial charge in [-0.25, -0.2) is 0 Å². The Bertz CT molecular complexity index is 344. The first-order chi connectivity index (χ1) is 7.09. The van der Waals surface area contributed by atoms with E-state index < -0.39 is 19.8 Å². The van der Waals surface area contributed by atoms with Crippen LogP contribution in [0.15, 0.2) is 18.3 Å². The van der Waals surface area contributed by atoms with E-state index in [4.69, 9.17) is 11.6 Å². The standard InChI is InChI=1S/C8H8ClN2O.2CH3.Sn.H/c1-2-10-8(12)6-3-4-11-7(9)5-6;;;;/h3-5H,1-2H2,(H,10,12);2*1H3;;. The summed E-state index contributed by atoms with van der Waals surface area (Å²) in [4.78, 5) is 20.1. The third-order valence-corrected chi connectivity index (χ3v) is 6.32. The van der Waals surface area contributed by atoms with Crippen LogP contribution in [0.5, 0.6) is 0 Å². The fraction of sp³-hybridized carbons (Fsp3) is 0.400. The Kier molecular flexibility index (Phi) is 5.39. The molecule has 1 aromatic heterocycles. The van der Waals surface area contributed by atoms with Gasteiger partial charge in [0, 0.05) is 0 Å². The molecule has 1 aromatic rings. The van der Waals surface area contributed by atoms with Gasteiger partial charge in [0.15, 0.2) is 0 Å². The van der Waals surface area contributed by atoms with Crippen LogP contribution in [0.25, 0.3) is 0 Å². The molecule has 82 valence electrons. The first kappa shape index (κ1) is 12.8. The third-order valence-electron chi connectivity index (χ3n) is 2.00. The molecule has 0 aromatic carbocycles. The van der Waals surface area contributed by atoms with E-state index in [0.29, 0.717) is 10.7 Å². The van der Waals surface area contributed by atoms with Crippen LogP contribution >= 0.6 is 11.6 Å². The van der Waals surface area contributed by atoms with Crippen molar-refractivity contribution in [1.82, 2.24) is 10.3 Å². The number of carbonyl (C=O) groups excluding carboxylic acids is 1. The van der Waals surface area contributed by atoms with Crippen molar-refractivity contribution in [1.29, 1.82) is 0 Å². The van der Waals surface area contributed by atoms with Crippen molar-refractivity contribution in [3.63, 3.8) is 0 Å². The van der Waals surface area contributed by atoms with Gasteiger partial charge >= 0.3 is 102 Å². The molecular weight excluding hydrogens is 318 g/mol. The van der Waals surface area contributed by atoms with Gasteiger partial charge in [0.05, 0.1) is 0 Å². The molecule has 1 amide bonds. The summed E-state index contributed by atoms with van der Waals surface area (Å²) in [6.45, 7) is 0.784. The van der Waals surface area contributed by atoms with E-state index in [2.05, 4.69) is 20.2 Å². The summed E-state index contributed by atoms with van der Waals surface area (Å²) in [7, 11) is 0. The molecule has 0 bridgehead atoms. The maximum atomic E-state index is 11.6. The molecule has 0 saturated heterocycles. The molecule has 1 heterocycles. The van der Waals surface area contributed by atoms with E-state index in [0.717, 1.165) is 6.54 Å². The number of pyridine rings is 1. The van der Waals surface area contributed by atoms with Crippen LogP contribution in [0.1, 0.15) is 10.4 Å². The third kappa shape index (κ3) is 4.84. The van der Waals surface area contributed by atoms with Gasteiger partial charge in [-0.1, -0.05) is 0 Å².